The molecule has 0 aliphatic rings. The van der Waals surface area contributed by atoms with Crippen molar-refractivity contribution in [3.63, 3.8) is 0 Å². The van der Waals surface area contributed by atoms with Crippen LogP contribution in [-0.2, 0) is 28.6 Å². The average Bonchev–Trinajstić information content (AvgIpc) is 2.63. The van der Waals surface area contributed by atoms with Gasteiger partial charge in [-0.3, -0.25) is 5.32 Å². The maximum atomic E-state index is 12.1. The van der Waals surface area contributed by atoms with Gasteiger partial charge in [0, 0.05) is 11.1 Å². The second-order valence-electron chi connectivity index (χ2n) is 6.16. The number of alkyl carbamates (subject to hydrolysis) is 1. The quantitative estimate of drug-likeness (QED) is 0.127. The summed E-state index contributed by atoms with van der Waals surface area (Å²) in [5.74, 6) is -1.36. The van der Waals surface area contributed by atoms with E-state index in [0.29, 0.717) is 6.42 Å². The molecule has 9 heteroatoms. The fraction of sp³-hybridized carbons (Fsp3) is 0.579. The first kappa shape index (κ1) is 25.1. The molecule has 0 saturated carbocycles. The highest BCUT2D eigenvalue weighted by molar-refractivity contribution is 5.87. The molecule has 1 unspecified atom stereocenters. The number of rotatable bonds is 13. The van der Waals surface area contributed by atoms with Gasteiger partial charge in [-0.2, -0.15) is 4.99 Å². The number of ether oxygens (including phenoxy) is 3. The van der Waals surface area contributed by atoms with Gasteiger partial charge in [0.05, 0.1) is 0 Å². The third-order valence-electron chi connectivity index (χ3n) is 3.35. The lowest BCUT2D eigenvalue weighted by atomic mass is 10.2. The van der Waals surface area contributed by atoms with Crippen LogP contribution in [0.2, 0.25) is 0 Å². The largest absolute Gasteiger partial charge is 0.458 e. The summed E-state index contributed by atoms with van der Waals surface area (Å²) in [6.45, 7) is 11.1. The average molecular weight is 396 g/mol. The second kappa shape index (κ2) is 14.2. The molecule has 0 spiro atoms. The molecular weight excluding hydrogens is 368 g/mol. The van der Waals surface area contributed by atoms with E-state index in [9.17, 15) is 19.2 Å². The number of amides is 1. The fourth-order valence-electron chi connectivity index (χ4n) is 1.84. The summed E-state index contributed by atoms with van der Waals surface area (Å²) in [6, 6.07) is 0. The molecule has 0 heterocycles. The first-order valence-corrected chi connectivity index (χ1v) is 8.90. The van der Waals surface area contributed by atoms with Crippen LogP contribution in [0.5, 0.6) is 0 Å². The second-order valence-corrected chi connectivity index (χ2v) is 6.16. The first-order chi connectivity index (χ1) is 13.2. The van der Waals surface area contributed by atoms with Crippen molar-refractivity contribution in [1.29, 1.82) is 0 Å². The SMILES string of the molecule is C=C(C)C(=O)OCC(COC(=O)C(=C)C)OC(=O)NC(CCCCC)N=C=O. The molecule has 9 nitrogen and oxygen atoms in total. The first-order valence-electron chi connectivity index (χ1n) is 8.90. The third kappa shape index (κ3) is 11.6. The van der Waals surface area contributed by atoms with Gasteiger partial charge in [0.1, 0.15) is 19.4 Å². The van der Waals surface area contributed by atoms with Gasteiger partial charge in [0.15, 0.2) is 6.10 Å². The Kier molecular flexibility index (Phi) is 12.7. The molecule has 0 aliphatic heterocycles. The van der Waals surface area contributed by atoms with E-state index in [1.807, 2.05) is 6.92 Å². The van der Waals surface area contributed by atoms with Crippen molar-refractivity contribution in [1.82, 2.24) is 5.32 Å². The number of nitrogens with zero attached hydrogens (tertiary/aromatic N) is 1. The molecule has 0 radical (unpaired) electrons. The van der Waals surface area contributed by atoms with Gasteiger partial charge in [-0.15, -0.1) is 0 Å². The molecule has 0 saturated heterocycles. The number of nitrogens with one attached hydrogen (secondary N) is 1. The zero-order valence-electron chi connectivity index (χ0n) is 16.6. The maximum absolute atomic E-state index is 12.1. The molecule has 156 valence electrons. The Morgan fingerprint density at radius 2 is 1.57 bits per heavy atom. The lowest BCUT2D eigenvalue weighted by molar-refractivity contribution is -0.147. The number of hydrogen-bond acceptors (Lipinski definition) is 8. The van der Waals surface area contributed by atoms with Gasteiger partial charge in [0.25, 0.3) is 0 Å². The van der Waals surface area contributed by atoms with Crippen molar-refractivity contribution in [2.75, 3.05) is 13.2 Å². The molecule has 1 amide bonds. The molecular formula is C19H28N2O7. The lowest BCUT2D eigenvalue weighted by Crippen LogP contribution is -2.39. The summed E-state index contributed by atoms with van der Waals surface area (Å²) in [6.07, 6.45) is 1.73. The molecule has 28 heavy (non-hydrogen) atoms. The molecule has 1 N–H and O–H groups in total. The highest BCUT2D eigenvalue weighted by Crippen LogP contribution is 2.06. The minimum absolute atomic E-state index is 0.165. The third-order valence-corrected chi connectivity index (χ3v) is 3.35. The normalized spacial score (nSPS) is 11.0. The maximum Gasteiger partial charge on any atom is 0.409 e. The van der Waals surface area contributed by atoms with E-state index >= 15 is 0 Å². The van der Waals surface area contributed by atoms with Crippen molar-refractivity contribution >= 4 is 24.1 Å². The van der Waals surface area contributed by atoms with Gasteiger partial charge in [0.2, 0.25) is 6.08 Å². The molecule has 0 aliphatic carbocycles. The summed E-state index contributed by atoms with van der Waals surface area (Å²) in [5, 5.41) is 2.42. The predicted molar refractivity (Wildman–Crippen MR) is 101 cm³/mol. The summed E-state index contributed by atoms with van der Waals surface area (Å²) in [7, 11) is 0. The molecule has 0 fully saturated rings. The fourth-order valence-corrected chi connectivity index (χ4v) is 1.84. The molecule has 0 rings (SSSR count). The van der Waals surface area contributed by atoms with Gasteiger partial charge in [-0.05, 0) is 26.7 Å². The Morgan fingerprint density at radius 1 is 1.04 bits per heavy atom. The van der Waals surface area contributed by atoms with Crippen LogP contribution in [0.3, 0.4) is 0 Å². The van der Waals surface area contributed by atoms with Crippen LogP contribution >= 0.6 is 0 Å². The van der Waals surface area contributed by atoms with Crippen LogP contribution in [0, 0.1) is 0 Å². The van der Waals surface area contributed by atoms with Gasteiger partial charge in [-0.25, -0.2) is 19.2 Å². The number of aliphatic imine (C=N–C) groups is 1. The standard InChI is InChI=1S/C19H28N2O7/c1-6-7-8-9-16(20-12-22)21-19(25)28-15(10-26-17(23)13(2)3)11-27-18(24)14(4)5/h15-16H,2,4,6-11H2,1,3,5H3,(H,21,25). The summed E-state index contributed by atoms with van der Waals surface area (Å²) >= 11 is 0. The Hall–Kier alpha value is -2.93. The van der Waals surface area contributed by atoms with E-state index in [2.05, 4.69) is 23.5 Å². The number of esters is 2. The minimum Gasteiger partial charge on any atom is -0.458 e. The van der Waals surface area contributed by atoms with Crippen LogP contribution in [0.1, 0.15) is 46.5 Å². The van der Waals surface area contributed by atoms with Gasteiger partial charge >= 0.3 is 18.0 Å². The van der Waals surface area contributed by atoms with E-state index in [1.165, 1.54) is 19.9 Å². The van der Waals surface area contributed by atoms with Crippen LogP contribution in [0.4, 0.5) is 4.79 Å². The molecule has 1 atom stereocenters. The predicted octanol–water partition coefficient (Wildman–Crippen LogP) is 2.56. The number of carbonyl (C=O) groups is 3. The van der Waals surface area contributed by atoms with Crippen molar-refractivity contribution in [2.24, 2.45) is 4.99 Å². The number of isocyanates is 1. The van der Waals surface area contributed by atoms with Crippen LogP contribution in [-0.4, -0.2) is 49.6 Å². The van der Waals surface area contributed by atoms with E-state index in [0.717, 1.165) is 19.3 Å². The summed E-state index contributed by atoms with van der Waals surface area (Å²) < 4.78 is 15.0. The van der Waals surface area contributed by atoms with Crippen molar-refractivity contribution in [2.45, 2.75) is 58.7 Å². The monoisotopic (exact) mass is 396 g/mol. The van der Waals surface area contributed by atoms with E-state index in [-0.39, 0.29) is 24.4 Å². The Labute approximate surface area is 164 Å². The Bertz CT molecular complexity index is 594. The van der Waals surface area contributed by atoms with Crippen molar-refractivity contribution < 1.29 is 33.4 Å². The van der Waals surface area contributed by atoms with Crippen LogP contribution in [0.25, 0.3) is 0 Å². The molecule has 0 aromatic carbocycles. The Morgan fingerprint density at radius 3 is 2.00 bits per heavy atom. The summed E-state index contributed by atoms with van der Waals surface area (Å²) in [5.41, 5.74) is 0.330. The van der Waals surface area contributed by atoms with E-state index < -0.39 is 30.3 Å². The highest BCUT2D eigenvalue weighted by atomic mass is 16.6. The number of unbranched alkanes of at least 4 members (excludes halogenated alkanes) is 2. The van der Waals surface area contributed by atoms with Crippen molar-refractivity contribution in [3.8, 4) is 0 Å². The number of carbonyl (C=O) groups excluding carboxylic acids is 4. The minimum atomic E-state index is -1.07. The zero-order valence-corrected chi connectivity index (χ0v) is 16.6. The number of hydrogen-bond donors (Lipinski definition) is 1. The van der Waals surface area contributed by atoms with E-state index in [4.69, 9.17) is 14.2 Å². The van der Waals surface area contributed by atoms with E-state index in [1.54, 1.807) is 0 Å². The molecule has 0 bridgehead atoms. The summed E-state index contributed by atoms with van der Waals surface area (Å²) in [4.78, 5) is 49.2. The zero-order chi connectivity index (χ0) is 21.5. The molecule has 0 aromatic heterocycles. The van der Waals surface area contributed by atoms with Gasteiger partial charge < -0.3 is 14.2 Å². The molecule has 0 aromatic rings. The van der Waals surface area contributed by atoms with Crippen LogP contribution < -0.4 is 5.32 Å². The van der Waals surface area contributed by atoms with Gasteiger partial charge in [-0.1, -0.05) is 32.9 Å². The smallest absolute Gasteiger partial charge is 0.409 e. The topological polar surface area (TPSA) is 120 Å². The Balaban J connectivity index is 4.85. The van der Waals surface area contributed by atoms with Crippen molar-refractivity contribution in [3.05, 3.63) is 24.3 Å². The van der Waals surface area contributed by atoms with Crippen LogP contribution in [0.15, 0.2) is 29.3 Å². The highest BCUT2D eigenvalue weighted by Gasteiger charge is 2.21. The lowest BCUT2D eigenvalue weighted by Gasteiger charge is -2.20.